The highest BCUT2D eigenvalue weighted by Gasteiger charge is 2.43. The molecule has 0 spiro atoms. The molecular weight excluding hydrogens is 462 g/mol. The van der Waals surface area contributed by atoms with E-state index in [1.807, 2.05) is 0 Å². The van der Waals surface area contributed by atoms with E-state index in [-0.39, 0.29) is 18.0 Å². The van der Waals surface area contributed by atoms with Gasteiger partial charge in [-0.25, -0.2) is 4.98 Å². The van der Waals surface area contributed by atoms with Crippen LogP contribution in [-0.4, -0.2) is 17.1 Å². The number of hydrogen-bond donors (Lipinski definition) is 0. The first kappa shape index (κ1) is 21.5. The van der Waals surface area contributed by atoms with E-state index in [0.717, 1.165) is 17.1 Å². The largest absolute Gasteiger partial charge is 0.333 e. The summed E-state index contributed by atoms with van der Waals surface area (Å²) in [5, 5.41) is 0. The van der Waals surface area contributed by atoms with Crippen LogP contribution in [0.25, 0.3) is 11.3 Å². The molecular formula is C35H27N3. The predicted molar refractivity (Wildman–Crippen MR) is 156 cm³/mol. The Morgan fingerprint density at radius 3 is 1.79 bits per heavy atom. The molecule has 0 radical (unpaired) electrons. The lowest BCUT2D eigenvalue weighted by Crippen LogP contribution is -2.29. The Balaban J connectivity index is 1.31. The van der Waals surface area contributed by atoms with E-state index >= 15 is 0 Å². The highest BCUT2D eigenvalue weighted by molar-refractivity contribution is 5.84. The van der Waals surface area contributed by atoms with Crippen molar-refractivity contribution in [2.75, 3.05) is 9.80 Å². The zero-order chi connectivity index (χ0) is 25.1. The molecule has 0 amide bonds. The number of nitrogens with zero attached hydrogens (tertiary/aromatic N) is 3. The van der Waals surface area contributed by atoms with Crippen molar-refractivity contribution in [2.45, 2.75) is 23.9 Å². The zero-order valence-electron chi connectivity index (χ0n) is 20.9. The van der Waals surface area contributed by atoms with E-state index < -0.39 is 0 Å². The smallest absolute Gasteiger partial charge is 0.134 e. The van der Waals surface area contributed by atoms with Crippen molar-refractivity contribution >= 4 is 22.9 Å². The third-order valence-corrected chi connectivity index (χ3v) is 8.31. The number of allylic oxidation sites excluding steroid dienone is 4. The zero-order valence-corrected chi connectivity index (χ0v) is 20.9. The number of rotatable bonds is 3. The molecule has 1 aromatic heterocycles. The Morgan fingerprint density at radius 2 is 1.11 bits per heavy atom. The van der Waals surface area contributed by atoms with E-state index in [4.69, 9.17) is 4.98 Å². The minimum atomic E-state index is 0.207. The van der Waals surface area contributed by atoms with Crippen LogP contribution in [0.15, 0.2) is 140 Å². The van der Waals surface area contributed by atoms with Gasteiger partial charge in [0, 0.05) is 34.5 Å². The van der Waals surface area contributed by atoms with Crippen molar-refractivity contribution in [1.82, 2.24) is 4.98 Å². The average Bonchev–Trinajstić information content (AvgIpc) is 3.49. The molecule has 2 aliphatic heterocycles. The molecule has 8 rings (SSSR count). The summed E-state index contributed by atoms with van der Waals surface area (Å²) in [6.45, 7) is 0. The molecule has 0 bridgehead atoms. The molecule has 3 aromatic carbocycles. The van der Waals surface area contributed by atoms with E-state index in [9.17, 15) is 0 Å². The highest BCUT2D eigenvalue weighted by Crippen LogP contribution is 2.55. The van der Waals surface area contributed by atoms with Gasteiger partial charge in [-0.2, -0.15) is 0 Å². The first-order valence-electron chi connectivity index (χ1n) is 13.4. The van der Waals surface area contributed by atoms with Crippen molar-refractivity contribution in [2.24, 2.45) is 0 Å². The SMILES string of the molecule is C1=CC2c3cc4c(cc3N(c3ccccc3)C2C=C1)C1C=CC=CC1N4c1cccc(-c2ccccc2)n1. The highest BCUT2D eigenvalue weighted by atomic mass is 15.3. The van der Waals surface area contributed by atoms with Gasteiger partial charge in [0.05, 0.1) is 17.8 Å². The summed E-state index contributed by atoms with van der Waals surface area (Å²) >= 11 is 0. The van der Waals surface area contributed by atoms with Crippen molar-refractivity contribution < 1.29 is 0 Å². The fourth-order valence-electron chi connectivity index (χ4n) is 6.64. The first-order chi connectivity index (χ1) is 18.9. The van der Waals surface area contributed by atoms with Gasteiger partial charge in [0.2, 0.25) is 0 Å². The molecule has 2 aliphatic carbocycles. The summed E-state index contributed by atoms with van der Waals surface area (Å²) in [5.74, 6) is 1.60. The van der Waals surface area contributed by atoms with Crippen LogP contribution in [0, 0.1) is 0 Å². The molecule has 3 heteroatoms. The molecule has 3 heterocycles. The molecule has 182 valence electrons. The molecule has 0 N–H and O–H groups in total. The molecule has 4 unspecified atom stereocenters. The Hall–Kier alpha value is -4.63. The standard InChI is InChI=1S/C35H27N3/c1-3-12-24(13-4-1)30-18-11-21-35(36-30)38-32-20-10-8-17-27(32)29-22-33-28(23-34(29)38)26-16-7-9-19-31(26)37(33)25-14-5-2-6-15-25/h1-23,26-27,31-32H. The van der Waals surface area contributed by atoms with E-state index in [1.54, 1.807) is 0 Å². The van der Waals surface area contributed by atoms with E-state index in [2.05, 4.69) is 149 Å². The van der Waals surface area contributed by atoms with Crippen LogP contribution in [0.1, 0.15) is 23.0 Å². The molecule has 4 aromatic rings. The lowest BCUT2D eigenvalue weighted by Gasteiger charge is -2.29. The van der Waals surface area contributed by atoms with Gasteiger partial charge < -0.3 is 9.80 Å². The summed E-state index contributed by atoms with van der Waals surface area (Å²) in [7, 11) is 0. The monoisotopic (exact) mass is 489 g/mol. The summed E-state index contributed by atoms with van der Waals surface area (Å²) in [4.78, 5) is 10.2. The Bertz CT molecular complexity index is 1650. The van der Waals surface area contributed by atoms with Gasteiger partial charge >= 0.3 is 0 Å². The fourth-order valence-corrected chi connectivity index (χ4v) is 6.64. The molecule has 4 atom stereocenters. The van der Waals surface area contributed by atoms with Gasteiger partial charge in [0.25, 0.3) is 0 Å². The Labute approximate surface area is 223 Å². The molecule has 0 fully saturated rings. The number of benzene rings is 3. The third kappa shape index (κ3) is 3.18. The van der Waals surface area contributed by atoms with Crippen LogP contribution >= 0.6 is 0 Å². The number of para-hydroxylation sites is 1. The summed E-state index contributed by atoms with van der Waals surface area (Å²) in [6, 6.07) is 33.1. The van der Waals surface area contributed by atoms with Gasteiger partial charge in [-0.05, 0) is 47.5 Å². The van der Waals surface area contributed by atoms with Crippen LogP contribution in [-0.2, 0) is 0 Å². The first-order valence-corrected chi connectivity index (χ1v) is 13.4. The molecule has 3 nitrogen and oxygen atoms in total. The normalized spacial score (nSPS) is 23.8. The van der Waals surface area contributed by atoms with E-state index in [0.29, 0.717) is 5.92 Å². The predicted octanol–water partition coefficient (Wildman–Crippen LogP) is 8.21. The Kier molecular flexibility index (Phi) is 4.78. The van der Waals surface area contributed by atoms with Gasteiger partial charge in [-0.15, -0.1) is 0 Å². The second-order valence-electron chi connectivity index (χ2n) is 10.4. The lowest BCUT2D eigenvalue weighted by molar-refractivity contribution is 0.733. The van der Waals surface area contributed by atoms with Gasteiger partial charge in [-0.1, -0.05) is 103 Å². The van der Waals surface area contributed by atoms with Gasteiger partial charge in [0.15, 0.2) is 0 Å². The number of aromatic nitrogens is 1. The number of hydrogen-bond acceptors (Lipinski definition) is 3. The van der Waals surface area contributed by atoms with Crippen LogP contribution in [0.2, 0.25) is 0 Å². The van der Waals surface area contributed by atoms with E-state index in [1.165, 1.54) is 28.2 Å². The van der Waals surface area contributed by atoms with Crippen molar-refractivity contribution in [3.8, 4) is 11.3 Å². The number of fused-ring (bicyclic) bond motifs is 6. The molecule has 38 heavy (non-hydrogen) atoms. The maximum Gasteiger partial charge on any atom is 0.134 e. The molecule has 0 saturated heterocycles. The minimum Gasteiger partial charge on any atom is -0.333 e. The molecule has 4 aliphatic rings. The van der Waals surface area contributed by atoms with Crippen molar-refractivity contribution in [3.63, 3.8) is 0 Å². The topological polar surface area (TPSA) is 19.4 Å². The maximum atomic E-state index is 5.18. The third-order valence-electron chi connectivity index (χ3n) is 8.31. The van der Waals surface area contributed by atoms with Crippen LogP contribution in [0.5, 0.6) is 0 Å². The average molecular weight is 490 g/mol. The van der Waals surface area contributed by atoms with Crippen LogP contribution in [0.4, 0.5) is 22.9 Å². The number of anilines is 4. The van der Waals surface area contributed by atoms with Gasteiger partial charge in [0.1, 0.15) is 5.82 Å². The minimum absolute atomic E-state index is 0.207. The second-order valence-corrected chi connectivity index (χ2v) is 10.4. The Morgan fingerprint density at radius 1 is 0.526 bits per heavy atom. The maximum absolute atomic E-state index is 5.18. The van der Waals surface area contributed by atoms with Crippen LogP contribution in [0.3, 0.4) is 0 Å². The van der Waals surface area contributed by atoms with Gasteiger partial charge in [-0.3, -0.25) is 0 Å². The lowest BCUT2D eigenvalue weighted by atomic mass is 9.88. The summed E-state index contributed by atoms with van der Waals surface area (Å²) in [6.07, 6.45) is 18.1. The van der Waals surface area contributed by atoms with Crippen molar-refractivity contribution in [3.05, 3.63) is 151 Å². The second kappa shape index (κ2) is 8.46. The fraction of sp³-hybridized carbons (Fsp3) is 0.114. The van der Waals surface area contributed by atoms with Crippen molar-refractivity contribution in [1.29, 1.82) is 0 Å². The number of pyridine rings is 1. The molecule has 0 saturated carbocycles. The quantitative estimate of drug-likeness (QED) is 0.289. The summed E-state index contributed by atoms with van der Waals surface area (Å²) < 4.78 is 0. The summed E-state index contributed by atoms with van der Waals surface area (Å²) in [5.41, 5.74) is 8.71. The van der Waals surface area contributed by atoms with Crippen LogP contribution < -0.4 is 9.80 Å².